The number of aliphatic hydroxyl groups is 1. The summed E-state index contributed by atoms with van der Waals surface area (Å²) in [5.41, 5.74) is 1.16. The summed E-state index contributed by atoms with van der Waals surface area (Å²) >= 11 is 0. The maximum atomic E-state index is 11.0. The summed E-state index contributed by atoms with van der Waals surface area (Å²) in [7, 11) is 0. The third-order valence-electron chi connectivity index (χ3n) is 3.78. The Morgan fingerprint density at radius 3 is 2.65 bits per heavy atom. The number of benzene rings is 1. The number of aliphatic carboxylic acids is 1. The molecule has 1 aromatic carbocycles. The lowest BCUT2D eigenvalue weighted by molar-refractivity contribution is -0.157. The van der Waals surface area contributed by atoms with Crippen LogP contribution in [0.1, 0.15) is 37.0 Å². The van der Waals surface area contributed by atoms with Crippen molar-refractivity contribution >= 4 is 5.97 Å². The molecule has 1 aliphatic carbocycles. The van der Waals surface area contributed by atoms with Gasteiger partial charge in [-0.15, -0.1) is 0 Å². The average Bonchev–Trinajstić information content (AvgIpc) is 2.70. The van der Waals surface area contributed by atoms with Crippen molar-refractivity contribution in [1.29, 1.82) is 0 Å². The molecule has 0 radical (unpaired) electrons. The zero-order chi connectivity index (χ0) is 12.6. The fourth-order valence-corrected chi connectivity index (χ4v) is 2.42. The maximum absolute atomic E-state index is 11.0. The summed E-state index contributed by atoms with van der Waals surface area (Å²) < 4.78 is 0. The van der Waals surface area contributed by atoms with Gasteiger partial charge in [0.2, 0.25) is 0 Å². The Morgan fingerprint density at radius 2 is 2.06 bits per heavy atom. The molecular formula is C14H18O3. The van der Waals surface area contributed by atoms with Crippen molar-refractivity contribution in [3.63, 3.8) is 0 Å². The molecule has 0 bridgehead atoms. The van der Waals surface area contributed by atoms with E-state index in [2.05, 4.69) is 6.92 Å². The highest BCUT2D eigenvalue weighted by atomic mass is 16.4. The minimum absolute atomic E-state index is 0.473. The minimum Gasteiger partial charge on any atom is -0.479 e. The predicted octanol–water partition coefficient (Wildman–Crippen LogP) is 2.10. The largest absolute Gasteiger partial charge is 0.479 e. The standard InChI is InChI=1S/C14H18O3/c1-3-9-6-10-4-5-12(8-11(10)7-9)14(2,17)13(15)16/h4-5,8-9,17H,3,6-7H2,1-2H3,(H,15,16)/t9-,14-/m0/s1. The van der Waals surface area contributed by atoms with Crippen LogP contribution in [0.25, 0.3) is 0 Å². The summed E-state index contributed by atoms with van der Waals surface area (Å²) in [5.74, 6) is -0.544. The highest BCUT2D eigenvalue weighted by molar-refractivity contribution is 5.78. The monoisotopic (exact) mass is 234 g/mol. The van der Waals surface area contributed by atoms with Gasteiger partial charge in [-0.3, -0.25) is 0 Å². The number of hydrogen-bond acceptors (Lipinski definition) is 2. The van der Waals surface area contributed by atoms with Gasteiger partial charge in [0.05, 0.1) is 0 Å². The lowest BCUT2D eigenvalue weighted by atomic mass is 9.93. The second-order valence-corrected chi connectivity index (χ2v) is 5.04. The number of carboxylic acids is 1. The number of hydrogen-bond donors (Lipinski definition) is 2. The Kier molecular flexibility index (Phi) is 2.96. The van der Waals surface area contributed by atoms with E-state index in [4.69, 9.17) is 5.11 Å². The smallest absolute Gasteiger partial charge is 0.340 e. The molecule has 3 nitrogen and oxygen atoms in total. The lowest BCUT2D eigenvalue weighted by Crippen LogP contribution is -2.31. The van der Waals surface area contributed by atoms with Gasteiger partial charge in [-0.05, 0) is 42.4 Å². The molecular weight excluding hydrogens is 216 g/mol. The number of rotatable bonds is 3. The fourth-order valence-electron chi connectivity index (χ4n) is 2.42. The van der Waals surface area contributed by atoms with Crippen molar-refractivity contribution in [2.45, 2.75) is 38.7 Å². The first kappa shape index (κ1) is 12.1. The van der Waals surface area contributed by atoms with E-state index in [9.17, 15) is 9.90 Å². The highest BCUT2D eigenvalue weighted by Gasteiger charge is 2.33. The predicted molar refractivity (Wildman–Crippen MR) is 64.8 cm³/mol. The molecule has 0 spiro atoms. The minimum atomic E-state index is -1.79. The molecule has 17 heavy (non-hydrogen) atoms. The van der Waals surface area contributed by atoms with E-state index >= 15 is 0 Å². The van der Waals surface area contributed by atoms with Crippen LogP contribution in [0.3, 0.4) is 0 Å². The molecule has 2 atom stereocenters. The normalized spacial score (nSPS) is 21.9. The van der Waals surface area contributed by atoms with E-state index in [1.54, 1.807) is 6.07 Å². The van der Waals surface area contributed by atoms with Crippen LogP contribution in [0.4, 0.5) is 0 Å². The van der Waals surface area contributed by atoms with Crippen LogP contribution in [0, 0.1) is 5.92 Å². The summed E-state index contributed by atoms with van der Waals surface area (Å²) in [6, 6.07) is 5.53. The molecule has 0 heterocycles. The van der Waals surface area contributed by atoms with Gasteiger partial charge in [-0.25, -0.2) is 4.79 Å². The Morgan fingerprint density at radius 1 is 1.41 bits per heavy atom. The molecule has 0 amide bonds. The average molecular weight is 234 g/mol. The van der Waals surface area contributed by atoms with E-state index in [-0.39, 0.29) is 0 Å². The van der Waals surface area contributed by atoms with Crippen molar-refractivity contribution in [1.82, 2.24) is 0 Å². The number of carbonyl (C=O) groups is 1. The van der Waals surface area contributed by atoms with Crippen LogP contribution >= 0.6 is 0 Å². The fraction of sp³-hybridized carbons (Fsp3) is 0.500. The van der Waals surface area contributed by atoms with Crippen molar-refractivity contribution in [2.24, 2.45) is 5.92 Å². The molecule has 0 aromatic heterocycles. The van der Waals surface area contributed by atoms with Gasteiger partial charge in [0, 0.05) is 0 Å². The van der Waals surface area contributed by atoms with Crippen molar-refractivity contribution in [2.75, 3.05) is 0 Å². The molecule has 1 aromatic rings. The summed E-state index contributed by atoms with van der Waals surface area (Å²) in [4.78, 5) is 11.0. The summed E-state index contributed by atoms with van der Waals surface area (Å²) in [5, 5.41) is 18.9. The zero-order valence-corrected chi connectivity index (χ0v) is 10.2. The first-order valence-electron chi connectivity index (χ1n) is 6.03. The van der Waals surface area contributed by atoms with Crippen LogP contribution in [0.5, 0.6) is 0 Å². The molecule has 0 saturated carbocycles. The van der Waals surface area contributed by atoms with E-state index < -0.39 is 11.6 Å². The van der Waals surface area contributed by atoms with E-state index in [1.165, 1.54) is 18.1 Å². The van der Waals surface area contributed by atoms with Gasteiger partial charge in [-0.1, -0.05) is 31.5 Å². The van der Waals surface area contributed by atoms with E-state index in [0.29, 0.717) is 11.5 Å². The van der Waals surface area contributed by atoms with Gasteiger partial charge >= 0.3 is 5.97 Å². The molecule has 2 N–H and O–H groups in total. The number of carboxylic acid groups (broad SMARTS) is 1. The molecule has 92 valence electrons. The van der Waals surface area contributed by atoms with Crippen LogP contribution < -0.4 is 0 Å². The highest BCUT2D eigenvalue weighted by Crippen LogP contribution is 2.32. The van der Waals surface area contributed by atoms with Gasteiger partial charge in [0.1, 0.15) is 0 Å². The Hall–Kier alpha value is -1.35. The van der Waals surface area contributed by atoms with Gasteiger partial charge < -0.3 is 10.2 Å². The van der Waals surface area contributed by atoms with Crippen LogP contribution in [0.15, 0.2) is 18.2 Å². The second kappa shape index (κ2) is 4.15. The molecule has 2 rings (SSSR count). The van der Waals surface area contributed by atoms with Gasteiger partial charge in [0.25, 0.3) is 0 Å². The van der Waals surface area contributed by atoms with Crippen molar-refractivity contribution < 1.29 is 15.0 Å². The molecule has 0 unspecified atom stereocenters. The topological polar surface area (TPSA) is 57.5 Å². The number of fused-ring (bicyclic) bond motifs is 1. The van der Waals surface area contributed by atoms with Crippen molar-refractivity contribution in [3.05, 3.63) is 34.9 Å². The van der Waals surface area contributed by atoms with Gasteiger partial charge in [0.15, 0.2) is 5.60 Å². The third kappa shape index (κ3) is 2.07. The zero-order valence-electron chi connectivity index (χ0n) is 10.2. The summed E-state index contributed by atoms with van der Waals surface area (Å²) in [6.07, 6.45) is 3.20. The first-order valence-corrected chi connectivity index (χ1v) is 6.03. The molecule has 0 aliphatic heterocycles. The molecule has 0 fully saturated rings. The van der Waals surface area contributed by atoms with E-state index in [0.717, 1.165) is 19.3 Å². The Balaban J connectivity index is 2.34. The van der Waals surface area contributed by atoms with Crippen LogP contribution in [-0.2, 0) is 23.2 Å². The second-order valence-electron chi connectivity index (χ2n) is 5.04. The maximum Gasteiger partial charge on any atom is 0.340 e. The molecule has 3 heteroatoms. The molecule has 1 aliphatic rings. The first-order chi connectivity index (χ1) is 7.95. The Bertz CT molecular complexity index is 449. The third-order valence-corrected chi connectivity index (χ3v) is 3.78. The van der Waals surface area contributed by atoms with Crippen molar-refractivity contribution in [3.8, 4) is 0 Å². The van der Waals surface area contributed by atoms with Crippen LogP contribution in [0.2, 0.25) is 0 Å². The van der Waals surface area contributed by atoms with Gasteiger partial charge in [-0.2, -0.15) is 0 Å². The summed E-state index contributed by atoms with van der Waals surface area (Å²) in [6.45, 7) is 3.49. The lowest BCUT2D eigenvalue weighted by Gasteiger charge is -2.19. The SMILES string of the molecule is CC[C@H]1Cc2ccc([C@](C)(O)C(=O)O)cc2C1. The molecule has 0 saturated heterocycles. The Labute approximate surface area is 101 Å². The van der Waals surface area contributed by atoms with E-state index in [1.807, 2.05) is 12.1 Å². The quantitative estimate of drug-likeness (QED) is 0.842. The van der Waals surface area contributed by atoms with Crippen LogP contribution in [-0.4, -0.2) is 16.2 Å².